The molecule has 0 aliphatic heterocycles. The van der Waals surface area contributed by atoms with Crippen LogP contribution >= 0.6 is 11.3 Å². The number of allylic oxidation sites excluding steroid dienone is 3. The lowest BCUT2D eigenvalue weighted by Crippen LogP contribution is -2.24. The van der Waals surface area contributed by atoms with E-state index in [-0.39, 0.29) is 29.5 Å². The third kappa shape index (κ3) is 20.4. The van der Waals surface area contributed by atoms with Gasteiger partial charge < -0.3 is 19.9 Å². The highest BCUT2D eigenvalue weighted by Gasteiger charge is 2.14. The summed E-state index contributed by atoms with van der Waals surface area (Å²) in [4.78, 5) is 36.1. The van der Waals surface area contributed by atoms with Crippen molar-refractivity contribution < 1.29 is 29.0 Å². The summed E-state index contributed by atoms with van der Waals surface area (Å²) in [6.07, 6.45) is 7.25. The van der Waals surface area contributed by atoms with Crippen LogP contribution in [0.15, 0.2) is 35.3 Å². The number of ether oxygens (including phenoxy) is 2. The minimum Gasteiger partial charge on any atom is -0.507 e. The van der Waals surface area contributed by atoms with E-state index in [1.54, 1.807) is 11.8 Å². The molecule has 0 aliphatic carbocycles. The number of carbonyl (C=O) groups excluding carboxylic acids is 3. The number of aliphatic hydroxyl groups is 1. The minimum atomic E-state index is -0.473. The highest BCUT2D eigenvalue weighted by molar-refractivity contribution is 7.11. The van der Waals surface area contributed by atoms with Crippen molar-refractivity contribution in [2.24, 2.45) is 5.92 Å². The van der Waals surface area contributed by atoms with Crippen molar-refractivity contribution in [3.8, 4) is 0 Å². The number of rotatable bonds is 14. The van der Waals surface area contributed by atoms with Gasteiger partial charge in [-0.05, 0) is 51.7 Å². The van der Waals surface area contributed by atoms with Gasteiger partial charge in [-0.3, -0.25) is 9.59 Å². The first kappa shape index (κ1) is 39.9. The van der Waals surface area contributed by atoms with Gasteiger partial charge in [-0.2, -0.15) is 0 Å². The van der Waals surface area contributed by atoms with Crippen molar-refractivity contribution in [3.63, 3.8) is 0 Å². The molecular weight excluding hydrogens is 502 g/mol. The van der Waals surface area contributed by atoms with Gasteiger partial charge in [-0.25, -0.2) is 4.79 Å². The van der Waals surface area contributed by atoms with Crippen molar-refractivity contribution in [2.45, 2.75) is 107 Å². The summed E-state index contributed by atoms with van der Waals surface area (Å²) in [6, 6.07) is 4.45. The highest BCUT2D eigenvalue weighted by atomic mass is 32.1. The van der Waals surface area contributed by atoms with Gasteiger partial charge in [-0.15, -0.1) is 11.3 Å². The Bertz CT molecular complexity index is 813. The Morgan fingerprint density at radius 2 is 1.74 bits per heavy atom. The number of ketones is 1. The van der Waals surface area contributed by atoms with Crippen molar-refractivity contribution in [1.29, 1.82) is 0 Å². The quantitative estimate of drug-likeness (QED) is 0.0785. The molecule has 2 N–H and O–H groups in total. The van der Waals surface area contributed by atoms with E-state index in [0.717, 1.165) is 12.8 Å². The summed E-state index contributed by atoms with van der Waals surface area (Å²) in [5.74, 6) is -0.194. The average molecular weight is 556 g/mol. The number of Topliss-reactive ketones (excluding diaryl/α,β-unsaturated/α-hetero) is 1. The monoisotopic (exact) mass is 555 g/mol. The fourth-order valence-electron chi connectivity index (χ4n) is 2.95. The van der Waals surface area contributed by atoms with E-state index in [1.165, 1.54) is 44.2 Å². The Balaban J connectivity index is -0.000000719. The minimum absolute atomic E-state index is 0.125. The van der Waals surface area contributed by atoms with E-state index >= 15 is 0 Å². The third-order valence-electron chi connectivity index (χ3n) is 5.16. The molecule has 0 aliphatic rings. The second-order valence-electron chi connectivity index (χ2n) is 7.98. The molecule has 0 bridgehead atoms. The second-order valence-corrected chi connectivity index (χ2v) is 9.35. The molecule has 220 valence electrons. The summed E-state index contributed by atoms with van der Waals surface area (Å²) in [5, 5.41) is 12.6. The zero-order valence-corrected chi connectivity index (χ0v) is 26.3. The molecule has 0 spiro atoms. The van der Waals surface area contributed by atoms with Crippen molar-refractivity contribution in [1.82, 2.24) is 5.32 Å². The smallest absolute Gasteiger partial charge is 0.406 e. The number of alkyl carbamates (subject to hydrolysis) is 1. The van der Waals surface area contributed by atoms with Gasteiger partial charge >= 0.3 is 6.09 Å². The van der Waals surface area contributed by atoms with Gasteiger partial charge in [0.1, 0.15) is 11.5 Å². The molecule has 0 saturated heterocycles. The van der Waals surface area contributed by atoms with Crippen LogP contribution in [0.25, 0.3) is 0 Å². The molecule has 1 unspecified atom stereocenters. The number of thiophene rings is 1. The number of amides is 1. The lowest BCUT2D eigenvalue weighted by Gasteiger charge is -2.14. The fraction of sp³-hybridized carbons (Fsp3) is 0.633. The van der Waals surface area contributed by atoms with Crippen LogP contribution in [-0.4, -0.2) is 37.1 Å². The largest absolute Gasteiger partial charge is 0.507 e. The second kappa shape index (κ2) is 27.4. The van der Waals surface area contributed by atoms with E-state index < -0.39 is 6.09 Å². The topological polar surface area (TPSA) is 102 Å². The Labute approximate surface area is 235 Å². The number of hydrogen-bond donors (Lipinski definition) is 2. The molecule has 0 saturated carbocycles. The summed E-state index contributed by atoms with van der Waals surface area (Å²) < 4.78 is 9.40. The fourth-order valence-corrected chi connectivity index (χ4v) is 3.88. The normalized spacial score (nSPS) is 11.6. The van der Waals surface area contributed by atoms with Crippen LogP contribution in [0.3, 0.4) is 0 Å². The first-order valence-electron chi connectivity index (χ1n) is 13.8. The molecule has 1 rings (SSSR count). The Morgan fingerprint density at radius 3 is 2.21 bits per heavy atom. The number of aliphatic hydroxyl groups excluding tert-OH is 1. The highest BCUT2D eigenvalue weighted by Crippen LogP contribution is 2.21. The summed E-state index contributed by atoms with van der Waals surface area (Å²) in [7, 11) is 1.30. The maximum atomic E-state index is 11.6. The van der Waals surface area contributed by atoms with Crippen molar-refractivity contribution in [2.75, 3.05) is 13.7 Å². The van der Waals surface area contributed by atoms with Gasteiger partial charge in [0.05, 0.1) is 7.11 Å². The van der Waals surface area contributed by atoms with Gasteiger partial charge in [0.15, 0.2) is 5.78 Å². The molecule has 8 heteroatoms. The lowest BCUT2D eigenvalue weighted by atomic mass is 10.00. The van der Waals surface area contributed by atoms with Gasteiger partial charge in [-0.1, -0.05) is 61.3 Å². The maximum Gasteiger partial charge on any atom is 0.406 e. The molecule has 7 nitrogen and oxygen atoms in total. The maximum absolute atomic E-state index is 11.6. The first-order chi connectivity index (χ1) is 18.2. The number of unbranched alkanes of at least 4 members (excludes halogenated alkanes) is 2. The Hall–Kier alpha value is -2.61. The van der Waals surface area contributed by atoms with Gasteiger partial charge in [0.2, 0.25) is 0 Å². The van der Waals surface area contributed by atoms with Crippen LogP contribution in [0, 0.1) is 12.8 Å². The molecule has 38 heavy (non-hydrogen) atoms. The van der Waals surface area contributed by atoms with Crippen LogP contribution in [0.1, 0.15) is 104 Å². The Morgan fingerprint density at radius 1 is 1.11 bits per heavy atom. The molecule has 0 fully saturated rings. The lowest BCUT2D eigenvalue weighted by molar-refractivity contribution is -0.125. The predicted molar refractivity (Wildman–Crippen MR) is 160 cm³/mol. The zero-order valence-electron chi connectivity index (χ0n) is 25.4. The molecule has 1 amide bonds. The van der Waals surface area contributed by atoms with Crippen LogP contribution < -0.4 is 5.32 Å². The van der Waals surface area contributed by atoms with E-state index in [1.807, 2.05) is 46.0 Å². The average Bonchev–Trinajstić information content (AvgIpc) is 3.37. The van der Waals surface area contributed by atoms with Gasteiger partial charge in [0.25, 0.3) is 6.47 Å². The van der Waals surface area contributed by atoms with Gasteiger partial charge in [0, 0.05) is 40.3 Å². The number of aryl methyl sites for hydroxylation is 2. The first-order valence-corrected chi connectivity index (χ1v) is 14.6. The standard InChI is InChI=1S/C17H27NO6.C9H14S.2C2H6/c1-5-14(20)13(3)15(21)10-16(24-11-19)12(2)8-6-7-9-18-17(22)23-4;1-3-4-5-9-7-6-8(2)10-9;2*1-2/h10-12,21H,5-9H2,1-4H3,(H,18,22);6-7H,3-5H2,1-2H3;2*1-2H3/b15-13-,16-10-;;;. The van der Waals surface area contributed by atoms with E-state index in [2.05, 4.69) is 36.0 Å². The molecule has 0 radical (unpaired) electrons. The molecule has 1 aromatic heterocycles. The van der Waals surface area contributed by atoms with E-state index in [4.69, 9.17) is 4.74 Å². The molecule has 1 atom stereocenters. The van der Waals surface area contributed by atoms with Crippen molar-refractivity contribution in [3.05, 3.63) is 45.1 Å². The summed E-state index contributed by atoms with van der Waals surface area (Å²) in [6.45, 7) is 18.3. The molecular formula is C30H53NO6S. The third-order valence-corrected chi connectivity index (χ3v) is 6.22. The van der Waals surface area contributed by atoms with E-state index in [9.17, 15) is 19.5 Å². The van der Waals surface area contributed by atoms with Crippen LogP contribution in [0.4, 0.5) is 4.79 Å². The molecule has 1 heterocycles. The molecule has 0 aromatic carbocycles. The van der Waals surface area contributed by atoms with Crippen LogP contribution in [0.5, 0.6) is 0 Å². The van der Waals surface area contributed by atoms with E-state index in [0.29, 0.717) is 25.2 Å². The Kier molecular flexibility index (Phi) is 28.8. The summed E-state index contributed by atoms with van der Waals surface area (Å²) in [5.41, 5.74) is 0.235. The SMILES string of the molecule is CC.CC.CCC(=O)/C(C)=C(O)/C=C(\OC=O)C(C)CCCCNC(=O)OC.CCCCc1ccc(C)s1. The number of hydrogen-bond acceptors (Lipinski definition) is 7. The zero-order chi connectivity index (χ0) is 29.9. The molecule has 1 aromatic rings. The number of carbonyl (C=O) groups is 3. The van der Waals surface area contributed by atoms with Crippen LogP contribution in [0.2, 0.25) is 0 Å². The number of methoxy groups -OCH3 is 1. The van der Waals surface area contributed by atoms with Crippen molar-refractivity contribution >= 4 is 29.7 Å². The number of nitrogens with one attached hydrogen (secondary N) is 1. The van der Waals surface area contributed by atoms with Crippen LogP contribution in [-0.2, 0) is 25.5 Å². The predicted octanol–water partition coefficient (Wildman–Crippen LogP) is 8.47. The summed E-state index contributed by atoms with van der Waals surface area (Å²) >= 11 is 1.93.